The molecule has 106 valence electrons. The van der Waals surface area contributed by atoms with Crippen LogP contribution in [0.4, 0.5) is 0 Å². The second-order valence-corrected chi connectivity index (χ2v) is 6.49. The van der Waals surface area contributed by atoms with Crippen molar-refractivity contribution in [2.45, 2.75) is 71.4 Å². The van der Waals surface area contributed by atoms with E-state index in [1.165, 1.54) is 25.7 Å². The molecule has 0 atom stereocenters. The highest BCUT2D eigenvalue weighted by atomic mass is 16.2. The Morgan fingerprint density at radius 2 is 1.89 bits per heavy atom. The van der Waals surface area contributed by atoms with Gasteiger partial charge in [-0.1, -0.05) is 26.7 Å². The Morgan fingerprint density at radius 1 is 1.33 bits per heavy atom. The van der Waals surface area contributed by atoms with Crippen LogP contribution in [0.1, 0.15) is 59.8 Å². The van der Waals surface area contributed by atoms with Crippen molar-refractivity contribution in [2.75, 3.05) is 13.6 Å². The van der Waals surface area contributed by atoms with Crippen molar-refractivity contribution < 1.29 is 4.79 Å². The van der Waals surface area contributed by atoms with Gasteiger partial charge in [0.15, 0.2) is 0 Å². The summed E-state index contributed by atoms with van der Waals surface area (Å²) in [7, 11) is 1.87. The van der Waals surface area contributed by atoms with Gasteiger partial charge >= 0.3 is 0 Å². The van der Waals surface area contributed by atoms with Gasteiger partial charge in [0.05, 0.1) is 5.54 Å². The Hall–Kier alpha value is -0.570. The van der Waals surface area contributed by atoms with E-state index in [1.54, 1.807) is 0 Å². The van der Waals surface area contributed by atoms with Gasteiger partial charge in [-0.05, 0) is 46.1 Å². The maximum atomic E-state index is 12.7. The normalized spacial score (nSPS) is 17.4. The van der Waals surface area contributed by atoms with Gasteiger partial charge in [0.25, 0.3) is 0 Å². The fraction of sp³-hybridized carbons (Fsp3) is 0.933. The van der Waals surface area contributed by atoms with Gasteiger partial charge in [-0.15, -0.1) is 0 Å². The summed E-state index contributed by atoms with van der Waals surface area (Å²) >= 11 is 0. The number of carbonyl (C=O) groups is 1. The third kappa shape index (κ3) is 3.98. The van der Waals surface area contributed by atoms with Crippen LogP contribution in [0.5, 0.6) is 0 Å². The molecule has 0 radical (unpaired) electrons. The highest BCUT2D eigenvalue weighted by Crippen LogP contribution is 2.26. The van der Waals surface area contributed by atoms with Crippen LogP contribution >= 0.6 is 0 Å². The van der Waals surface area contributed by atoms with Crippen molar-refractivity contribution >= 4 is 5.91 Å². The molecule has 3 heteroatoms. The van der Waals surface area contributed by atoms with E-state index >= 15 is 0 Å². The number of hydrogen-bond donors (Lipinski definition) is 1. The van der Waals surface area contributed by atoms with Crippen LogP contribution in [0.15, 0.2) is 0 Å². The first-order chi connectivity index (χ1) is 8.38. The van der Waals surface area contributed by atoms with E-state index in [9.17, 15) is 4.79 Å². The lowest BCUT2D eigenvalue weighted by atomic mass is 10.0. The molecule has 0 spiro atoms. The van der Waals surface area contributed by atoms with Crippen LogP contribution in [-0.2, 0) is 4.79 Å². The lowest BCUT2D eigenvalue weighted by molar-refractivity contribution is -0.139. The molecule has 1 aliphatic rings. The van der Waals surface area contributed by atoms with Crippen molar-refractivity contribution in [3.05, 3.63) is 0 Å². The number of likely N-dealkylation sites (N-methyl/N-ethyl adjacent to an activating group) is 1. The average Bonchev–Trinajstić information content (AvgIpc) is 2.82. The molecule has 1 N–H and O–H groups in total. The summed E-state index contributed by atoms with van der Waals surface area (Å²) in [5.41, 5.74) is -0.445. The highest BCUT2D eigenvalue weighted by Gasteiger charge is 2.35. The molecular formula is C15H30N2O. The molecule has 3 nitrogen and oxygen atoms in total. The van der Waals surface area contributed by atoms with Gasteiger partial charge in [0, 0.05) is 12.6 Å². The Bertz CT molecular complexity index is 268. The van der Waals surface area contributed by atoms with E-state index in [2.05, 4.69) is 24.1 Å². The van der Waals surface area contributed by atoms with Crippen LogP contribution in [0.25, 0.3) is 0 Å². The topological polar surface area (TPSA) is 32.3 Å². The summed E-state index contributed by atoms with van der Waals surface area (Å²) in [6.07, 6.45) is 6.02. The largest absolute Gasteiger partial charge is 0.338 e. The minimum atomic E-state index is -0.445. The number of nitrogens with one attached hydrogen (secondary N) is 1. The van der Waals surface area contributed by atoms with Crippen molar-refractivity contribution in [3.8, 4) is 0 Å². The lowest BCUT2D eigenvalue weighted by Crippen LogP contribution is -2.55. The SMILES string of the molecule is CNC(C)(C)C(=O)N(CCC(C)C)C1CCCC1. The molecule has 1 saturated carbocycles. The monoisotopic (exact) mass is 254 g/mol. The first kappa shape index (κ1) is 15.5. The fourth-order valence-corrected chi connectivity index (χ4v) is 2.53. The number of carbonyl (C=O) groups excluding carboxylic acids is 1. The zero-order valence-corrected chi connectivity index (χ0v) is 12.8. The smallest absolute Gasteiger partial charge is 0.242 e. The molecule has 0 unspecified atom stereocenters. The first-order valence-electron chi connectivity index (χ1n) is 7.38. The van der Waals surface area contributed by atoms with E-state index in [4.69, 9.17) is 0 Å². The number of hydrogen-bond acceptors (Lipinski definition) is 2. The van der Waals surface area contributed by atoms with E-state index in [0.717, 1.165) is 13.0 Å². The summed E-state index contributed by atoms with van der Waals surface area (Å²) in [6, 6.07) is 0.476. The van der Waals surface area contributed by atoms with E-state index < -0.39 is 5.54 Å². The summed E-state index contributed by atoms with van der Waals surface area (Å²) in [5, 5.41) is 3.14. The summed E-state index contributed by atoms with van der Waals surface area (Å²) in [4.78, 5) is 14.8. The Kier molecular flexibility index (Phi) is 5.64. The third-order valence-electron chi connectivity index (χ3n) is 4.13. The number of amides is 1. The molecule has 18 heavy (non-hydrogen) atoms. The summed E-state index contributed by atoms with van der Waals surface area (Å²) in [5.74, 6) is 0.914. The van der Waals surface area contributed by atoms with Crippen LogP contribution in [0, 0.1) is 5.92 Å². The first-order valence-corrected chi connectivity index (χ1v) is 7.38. The molecule has 1 fully saturated rings. The predicted octanol–water partition coefficient (Wildman–Crippen LogP) is 2.80. The number of rotatable bonds is 6. The van der Waals surface area contributed by atoms with Crippen LogP contribution < -0.4 is 5.32 Å². The Balaban J connectivity index is 2.72. The molecule has 0 bridgehead atoms. The molecule has 0 aromatic heterocycles. The lowest BCUT2D eigenvalue weighted by Gasteiger charge is -2.36. The molecule has 0 aromatic rings. The predicted molar refractivity (Wildman–Crippen MR) is 76.6 cm³/mol. The standard InChI is InChI=1S/C15H30N2O/c1-12(2)10-11-17(13-8-6-7-9-13)14(18)15(3,4)16-5/h12-13,16H,6-11H2,1-5H3. The zero-order chi connectivity index (χ0) is 13.8. The van der Waals surface area contributed by atoms with Gasteiger partial charge in [0.1, 0.15) is 0 Å². The van der Waals surface area contributed by atoms with Crippen LogP contribution in [-0.4, -0.2) is 36.0 Å². The van der Waals surface area contributed by atoms with Gasteiger partial charge < -0.3 is 10.2 Å². The van der Waals surface area contributed by atoms with Gasteiger partial charge in [-0.3, -0.25) is 4.79 Å². The molecule has 0 aromatic carbocycles. The van der Waals surface area contributed by atoms with E-state index in [-0.39, 0.29) is 5.91 Å². The van der Waals surface area contributed by atoms with Gasteiger partial charge in [0.2, 0.25) is 5.91 Å². The highest BCUT2D eigenvalue weighted by molar-refractivity contribution is 5.85. The van der Waals surface area contributed by atoms with Gasteiger partial charge in [-0.25, -0.2) is 0 Å². The second kappa shape index (κ2) is 6.55. The summed E-state index contributed by atoms with van der Waals surface area (Å²) in [6.45, 7) is 9.31. The molecule has 1 amide bonds. The van der Waals surface area contributed by atoms with Crippen molar-refractivity contribution in [3.63, 3.8) is 0 Å². The van der Waals surface area contributed by atoms with E-state index in [1.807, 2.05) is 20.9 Å². The minimum absolute atomic E-state index is 0.262. The zero-order valence-electron chi connectivity index (χ0n) is 12.8. The van der Waals surface area contributed by atoms with Crippen LogP contribution in [0.2, 0.25) is 0 Å². The van der Waals surface area contributed by atoms with Crippen LogP contribution in [0.3, 0.4) is 0 Å². The maximum Gasteiger partial charge on any atom is 0.242 e. The van der Waals surface area contributed by atoms with E-state index in [0.29, 0.717) is 12.0 Å². The Morgan fingerprint density at radius 3 is 2.33 bits per heavy atom. The second-order valence-electron chi connectivity index (χ2n) is 6.49. The molecule has 1 rings (SSSR count). The third-order valence-corrected chi connectivity index (χ3v) is 4.13. The minimum Gasteiger partial charge on any atom is -0.338 e. The fourth-order valence-electron chi connectivity index (χ4n) is 2.53. The molecule has 1 aliphatic carbocycles. The Labute approximate surface area is 112 Å². The van der Waals surface area contributed by atoms with Gasteiger partial charge in [-0.2, -0.15) is 0 Å². The van der Waals surface area contributed by atoms with Crippen molar-refractivity contribution in [1.29, 1.82) is 0 Å². The number of nitrogens with zero attached hydrogens (tertiary/aromatic N) is 1. The van der Waals surface area contributed by atoms with Crippen molar-refractivity contribution in [1.82, 2.24) is 10.2 Å². The summed E-state index contributed by atoms with van der Waals surface area (Å²) < 4.78 is 0. The van der Waals surface area contributed by atoms with Crippen molar-refractivity contribution in [2.24, 2.45) is 5.92 Å². The quantitative estimate of drug-likeness (QED) is 0.790. The maximum absolute atomic E-state index is 12.7. The average molecular weight is 254 g/mol. The molecule has 0 aliphatic heterocycles. The molecule has 0 heterocycles. The molecular weight excluding hydrogens is 224 g/mol. The molecule has 0 saturated heterocycles.